The summed E-state index contributed by atoms with van der Waals surface area (Å²) in [6, 6.07) is 0.345. The van der Waals surface area contributed by atoms with Crippen LogP contribution in [-0.2, 0) is 4.74 Å². The van der Waals surface area contributed by atoms with E-state index in [4.69, 9.17) is 4.74 Å². The third-order valence-electron chi connectivity index (χ3n) is 4.11. The van der Waals surface area contributed by atoms with E-state index in [0.29, 0.717) is 6.04 Å². The second kappa shape index (κ2) is 6.98. The summed E-state index contributed by atoms with van der Waals surface area (Å²) in [7, 11) is 0. The van der Waals surface area contributed by atoms with Crippen molar-refractivity contribution in [1.29, 1.82) is 0 Å². The number of alkyl carbamates (subject to hydrolysis) is 1. The predicted molar refractivity (Wildman–Crippen MR) is 71.6 cm³/mol. The molecule has 2 rings (SSSR count). The van der Waals surface area contributed by atoms with Crippen molar-refractivity contribution in [3.8, 4) is 0 Å². The molecule has 0 spiro atoms. The van der Waals surface area contributed by atoms with Gasteiger partial charge in [0.05, 0.1) is 0 Å². The molecule has 0 bridgehead atoms. The van der Waals surface area contributed by atoms with Gasteiger partial charge in [0.25, 0.3) is 0 Å². The minimum atomic E-state index is -0.204. The summed E-state index contributed by atoms with van der Waals surface area (Å²) in [6.45, 7) is 5.24. The Kier molecular flexibility index (Phi) is 5.29. The number of hydrogen-bond donors (Lipinski definition) is 1. The quantitative estimate of drug-likeness (QED) is 0.841. The van der Waals surface area contributed by atoms with E-state index in [0.717, 1.165) is 45.3 Å². The lowest BCUT2D eigenvalue weighted by Gasteiger charge is -2.32. The molecule has 1 heterocycles. The van der Waals surface area contributed by atoms with E-state index in [-0.39, 0.29) is 12.2 Å². The summed E-state index contributed by atoms with van der Waals surface area (Å²) in [5, 5.41) is 3.02. The summed E-state index contributed by atoms with van der Waals surface area (Å²) in [5.74, 6) is 0. The Labute approximate surface area is 110 Å². The van der Waals surface area contributed by atoms with Gasteiger partial charge in [-0.25, -0.2) is 4.79 Å². The molecule has 1 atom stereocenters. The average Bonchev–Trinajstić information content (AvgIpc) is 2.40. The number of carbonyl (C=O) groups is 1. The van der Waals surface area contributed by atoms with Crippen molar-refractivity contribution in [1.82, 2.24) is 10.2 Å². The number of hydrogen-bond acceptors (Lipinski definition) is 3. The highest BCUT2D eigenvalue weighted by atomic mass is 16.6. The molecule has 104 valence electrons. The molecule has 1 aliphatic carbocycles. The van der Waals surface area contributed by atoms with Crippen LogP contribution in [0, 0.1) is 0 Å². The maximum Gasteiger partial charge on any atom is 0.407 e. The van der Waals surface area contributed by atoms with Crippen LogP contribution in [0.15, 0.2) is 0 Å². The van der Waals surface area contributed by atoms with E-state index < -0.39 is 0 Å². The highest BCUT2D eigenvalue weighted by molar-refractivity contribution is 5.67. The van der Waals surface area contributed by atoms with Crippen molar-refractivity contribution >= 4 is 6.09 Å². The van der Waals surface area contributed by atoms with Gasteiger partial charge in [0.2, 0.25) is 0 Å². The van der Waals surface area contributed by atoms with Crippen molar-refractivity contribution in [3.05, 3.63) is 0 Å². The van der Waals surface area contributed by atoms with Gasteiger partial charge >= 0.3 is 6.09 Å². The van der Waals surface area contributed by atoms with E-state index in [2.05, 4.69) is 17.1 Å². The molecule has 1 saturated carbocycles. The molecular weight excluding hydrogens is 228 g/mol. The van der Waals surface area contributed by atoms with Crippen LogP contribution in [-0.4, -0.2) is 42.8 Å². The maximum absolute atomic E-state index is 11.8. The van der Waals surface area contributed by atoms with Gasteiger partial charge in [-0.3, -0.25) is 4.90 Å². The number of likely N-dealkylation sites (tertiary alicyclic amines) is 1. The molecule has 0 radical (unpaired) electrons. The van der Waals surface area contributed by atoms with Crippen LogP contribution in [0.4, 0.5) is 4.79 Å². The van der Waals surface area contributed by atoms with Gasteiger partial charge in [-0.05, 0) is 38.8 Å². The van der Waals surface area contributed by atoms with Crippen LogP contribution >= 0.6 is 0 Å². The van der Waals surface area contributed by atoms with Crippen LogP contribution in [0.3, 0.4) is 0 Å². The summed E-state index contributed by atoms with van der Waals surface area (Å²) >= 11 is 0. The molecule has 1 N–H and O–H groups in total. The smallest absolute Gasteiger partial charge is 0.407 e. The van der Waals surface area contributed by atoms with Crippen molar-refractivity contribution in [2.24, 2.45) is 0 Å². The van der Waals surface area contributed by atoms with Gasteiger partial charge in [-0.1, -0.05) is 26.2 Å². The summed E-state index contributed by atoms with van der Waals surface area (Å²) in [4.78, 5) is 14.2. The molecular formula is C14H26N2O2. The molecule has 1 aliphatic heterocycles. The summed E-state index contributed by atoms with van der Waals surface area (Å²) in [6.07, 6.45) is 8.02. The first-order valence-corrected chi connectivity index (χ1v) is 7.47. The topological polar surface area (TPSA) is 41.6 Å². The van der Waals surface area contributed by atoms with Crippen LogP contribution in [0.25, 0.3) is 0 Å². The fraction of sp³-hybridized carbons (Fsp3) is 0.929. The molecule has 2 fully saturated rings. The van der Waals surface area contributed by atoms with Crippen molar-refractivity contribution in [2.75, 3.05) is 19.6 Å². The fourth-order valence-electron chi connectivity index (χ4n) is 3.00. The third kappa shape index (κ3) is 4.16. The molecule has 4 heteroatoms. The summed E-state index contributed by atoms with van der Waals surface area (Å²) in [5.41, 5.74) is 0. The fourth-order valence-corrected chi connectivity index (χ4v) is 3.00. The second-order valence-electron chi connectivity index (χ2n) is 5.54. The Morgan fingerprint density at radius 1 is 1.22 bits per heavy atom. The Morgan fingerprint density at radius 2 is 2.00 bits per heavy atom. The number of ether oxygens (including phenoxy) is 1. The number of likely N-dealkylation sites (N-methyl/N-ethyl adjacent to an activating group) is 1. The largest absolute Gasteiger partial charge is 0.445 e. The van der Waals surface area contributed by atoms with E-state index in [1.807, 2.05) is 0 Å². The molecule has 4 nitrogen and oxygen atoms in total. The molecule has 0 unspecified atom stereocenters. The van der Waals surface area contributed by atoms with Gasteiger partial charge in [0.15, 0.2) is 0 Å². The minimum Gasteiger partial charge on any atom is -0.445 e. The Morgan fingerprint density at radius 3 is 2.72 bits per heavy atom. The van der Waals surface area contributed by atoms with E-state index in [1.165, 1.54) is 19.3 Å². The molecule has 1 amide bonds. The first-order valence-electron chi connectivity index (χ1n) is 7.47. The molecule has 0 aromatic carbocycles. The third-order valence-corrected chi connectivity index (χ3v) is 4.11. The number of nitrogens with one attached hydrogen (secondary N) is 1. The van der Waals surface area contributed by atoms with Gasteiger partial charge in [-0.2, -0.15) is 0 Å². The predicted octanol–water partition coefficient (Wildman–Crippen LogP) is 2.53. The van der Waals surface area contributed by atoms with Crippen molar-refractivity contribution < 1.29 is 9.53 Å². The van der Waals surface area contributed by atoms with Crippen LogP contribution in [0.5, 0.6) is 0 Å². The Bertz CT molecular complexity index is 265. The van der Waals surface area contributed by atoms with Crippen molar-refractivity contribution in [2.45, 2.75) is 64.0 Å². The van der Waals surface area contributed by atoms with E-state index in [9.17, 15) is 4.79 Å². The maximum atomic E-state index is 11.8. The SMILES string of the molecule is CCN1CCC[C@@H](OC(=O)NC2CCCCC2)C1. The zero-order valence-corrected chi connectivity index (χ0v) is 11.5. The lowest BCUT2D eigenvalue weighted by molar-refractivity contribution is 0.0417. The highest BCUT2D eigenvalue weighted by Crippen LogP contribution is 2.18. The number of nitrogens with zero attached hydrogens (tertiary/aromatic N) is 1. The van der Waals surface area contributed by atoms with Crippen molar-refractivity contribution in [3.63, 3.8) is 0 Å². The number of carbonyl (C=O) groups excluding carboxylic acids is 1. The van der Waals surface area contributed by atoms with E-state index in [1.54, 1.807) is 0 Å². The molecule has 18 heavy (non-hydrogen) atoms. The first-order chi connectivity index (χ1) is 8.78. The molecule has 1 saturated heterocycles. The molecule has 2 aliphatic rings. The normalized spacial score (nSPS) is 26.8. The van der Waals surface area contributed by atoms with Gasteiger partial charge in [0.1, 0.15) is 6.10 Å². The van der Waals surface area contributed by atoms with Crippen LogP contribution in [0.1, 0.15) is 51.9 Å². The number of rotatable bonds is 3. The monoisotopic (exact) mass is 254 g/mol. The lowest BCUT2D eigenvalue weighted by Crippen LogP contribution is -2.44. The lowest BCUT2D eigenvalue weighted by atomic mass is 9.96. The van der Waals surface area contributed by atoms with Crippen LogP contribution in [0.2, 0.25) is 0 Å². The Balaban J connectivity index is 1.69. The highest BCUT2D eigenvalue weighted by Gasteiger charge is 2.23. The Hall–Kier alpha value is -0.770. The average molecular weight is 254 g/mol. The molecule has 0 aromatic rings. The van der Waals surface area contributed by atoms with E-state index >= 15 is 0 Å². The minimum absolute atomic E-state index is 0.0855. The number of amides is 1. The van der Waals surface area contributed by atoms with Gasteiger partial charge in [-0.15, -0.1) is 0 Å². The standard InChI is InChI=1S/C14H26N2O2/c1-2-16-10-6-9-13(11-16)18-14(17)15-12-7-4-3-5-8-12/h12-13H,2-11H2,1H3,(H,15,17)/t13-/m1/s1. The van der Waals surface area contributed by atoms with Gasteiger partial charge < -0.3 is 10.1 Å². The second-order valence-corrected chi connectivity index (χ2v) is 5.54. The van der Waals surface area contributed by atoms with Crippen LogP contribution < -0.4 is 5.32 Å². The number of piperidine rings is 1. The molecule has 0 aromatic heterocycles. The first kappa shape index (κ1) is 13.7. The summed E-state index contributed by atoms with van der Waals surface area (Å²) < 4.78 is 5.53. The zero-order chi connectivity index (χ0) is 12.8. The van der Waals surface area contributed by atoms with Gasteiger partial charge in [0, 0.05) is 12.6 Å². The zero-order valence-electron chi connectivity index (χ0n) is 11.5.